The third kappa shape index (κ3) is 4.31. The average Bonchev–Trinajstić information content (AvgIpc) is 2.27. The van der Waals surface area contributed by atoms with E-state index in [0.29, 0.717) is 11.1 Å². The van der Waals surface area contributed by atoms with Gasteiger partial charge in [0.05, 0.1) is 11.1 Å². The summed E-state index contributed by atoms with van der Waals surface area (Å²) in [6.07, 6.45) is 5.60. The number of rotatable bonds is 6. The molecular formula is C16H24ClNO. The normalized spacial score (nSPS) is 17.1. The number of benzene rings is 1. The van der Waals surface area contributed by atoms with Gasteiger partial charge in [0.1, 0.15) is 5.75 Å². The van der Waals surface area contributed by atoms with Crippen molar-refractivity contribution in [1.29, 1.82) is 0 Å². The minimum atomic E-state index is 0.147. The van der Waals surface area contributed by atoms with Crippen LogP contribution in [0.5, 0.6) is 5.75 Å². The van der Waals surface area contributed by atoms with E-state index in [9.17, 15) is 0 Å². The van der Waals surface area contributed by atoms with Gasteiger partial charge in [0.2, 0.25) is 0 Å². The number of hydrogen-bond donors (Lipinski definition) is 1. The van der Waals surface area contributed by atoms with Crippen LogP contribution >= 0.6 is 11.6 Å². The lowest BCUT2D eigenvalue weighted by molar-refractivity contribution is 0.242. The predicted octanol–water partition coefficient (Wildman–Crippen LogP) is 5.12. The molecule has 1 N–H and O–H groups in total. The summed E-state index contributed by atoms with van der Waals surface area (Å²) in [4.78, 5) is 0. The van der Waals surface area contributed by atoms with Crippen LogP contribution in [0, 0.1) is 5.92 Å². The van der Waals surface area contributed by atoms with Gasteiger partial charge in [-0.1, -0.05) is 30.9 Å². The lowest BCUT2D eigenvalue weighted by atomic mass is 9.81. The van der Waals surface area contributed by atoms with Gasteiger partial charge in [-0.3, -0.25) is 0 Å². The van der Waals surface area contributed by atoms with Crippen molar-refractivity contribution in [2.45, 2.75) is 58.6 Å². The second-order valence-electron chi connectivity index (χ2n) is 5.89. The standard InChI is InChI=1S/C16H24ClNO/c1-11(2)19-16-8-7-14(10-15(16)17)18-12(3)9-13-5-4-6-13/h7-8,10-13,18H,4-6,9H2,1-3H3. The molecule has 1 aliphatic carbocycles. The smallest absolute Gasteiger partial charge is 0.138 e. The first-order valence-electron chi connectivity index (χ1n) is 7.27. The maximum absolute atomic E-state index is 6.24. The molecule has 0 aliphatic heterocycles. The van der Waals surface area contributed by atoms with E-state index in [1.54, 1.807) is 0 Å². The Morgan fingerprint density at radius 1 is 1.32 bits per heavy atom. The van der Waals surface area contributed by atoms with Gasteiger partial charge < -0.3 is 10.1 Å². The van der Waals surface area contributed by atoms with Crippen LogP contribution in [0.25, 0.3) is 0 Å². The van der Waals surface area contributed by atoms with Crippen LogP contribution in [0.1, 0.15) is 46.5 Å². The highest BCUT2D eigenvalue weighted by Crippen LogP contribution is 2.32. The Bertz CT molecular complexity index is 415. The van der Waals surface area contributed by atoms with Crippen molar-refractivity contribution in [1.82, 2.24) is 0 Å². The molecule has 3 heteroatoms. The van der Waals surface area contributed by atoms with Gasteiger partial charge in [-0.25, -0.2) is 0 Å². The van der Waals surface area contributed by atoms with Crippen molar-refractivity contribution >= 4 is 17.3 Å². The van der Waals surface area contributed by atoms with Gasteiger partial charge in [0, 0.05) is 11.7 Å². The molecule has 0 amide bonds. The van der Waals surface area contributed by atoms with Gasteiger partial charge in [-0.2, -0.15) is 0 Å². The largest absolute Gasteiger partial charge is 0.489 e. The number of halogens is 1. The van der Waals surface area contributed by atoms with E-state index >= 15 is 0 Å². The topological polar surface area (TPSA) is 21.3 Å². The molecule has 19 heavy (non-hydrogen) atoms. The fourth-order valence-electron chi connectivity index (χ4n) is 2.51. The number of nitrogens with one attached hydrogen (secondary N) is 1. The van der Waals surface area contributed by atoms with Crippen molar-refractivity contribution in [3.8, 4) is 5.75 Å². The minimum Gasteiger partial charge on any atom is -0.489 e. The third-order valence-electron chi connectivity index (χ3n) is 3.62. The quantitative estimate of drug-likeness (QED) is 0.781. The zero-order chi connectivity index (χ0) is 13.8. The average molecular weight is 282 g/mol. The van der Waals surface area contributed by atoms with Crippen molar-refractivity contribution < 1.29 is 4.74 Å². The van der Waals surface area contributed by atoms with Crippen molar-refractivity contribution in [3.05, 3.63) is 23.2 Å². The Kier molecular flexibility index (Phi) is 4.98. The molecule has 1 saturated carbocycles. The molecule has 1 aromatic carbocycles. The van der Waals surface area contributed by atoms with Crippen LogP contribution in [0.4, 0.5) is 5.69 Å². The molecule has 1 atom stereocenters. The Balaban J connectivity index is 1.91. The number of ether oxygens (including phenoxy) is 1. The molecule has 0 aromatic heterocycles. The summed E-state index contributed by atoms with van der Waals surface area (Å²) in [6, 6.07) is 6.44. The highest BCUT2D eigenvalue weighted by molar-refractivity contribution is 6.32. The van der Waals surface area contributed by atoms with Crippen molar-refractivity contribution in [2.75, 3.05) is 5.32 Å². The van der Waals surface area contributed by atoms with E-state index in [2.05, 4.69) is 12.2 Å². The Morgan fingerprint density at radius 3 is 2.58 bits per heavy atom. The minimum absolute atomic E-state index is 0.147. The Hall–Kier alpha value is -0.890. The maximum Gasteiger partial charge on any atom is 0.138 e. The number of anilines is 1. The van der Waals surface area contributed by atoms with Gasteiger partial charge in [0.25, 0.3) is 0 Å². The molecule has 0 saturated heterocycles. The molecule has 0 heterocycles. The summed E-state index contributed by atoms with van der Waals surface area (Å²) in [6.45, 7) is 6.25. The van der Waals surface area contributed by atoms with Gasteiger partial charge >= 0.3 is 0 Å². The first-order chi connectivity index (χ1) is 9.04. The molecule has 2 rings (SSSR count). The molecule has 1 unspecified atom stereocenters. The van der Waals surface area contributed by atoms with Crippen LogP contribution in [0.3, 0.4) is 0 Å². The van der Waals surface area contributed by atoms with Crippen LogP contribution in [0.2, 0.25) is 5.02 Å². The maximum atomic E-state index is 6.24. The second kappa shape index (κ2) is 6.51. The lowest BCUT2D eigenvalue weighted by Crippen LogP contribution is -2.23. The van der Waals surface area contributed by atoms with E-state index in [-0.39, 0.29) is 6.10 Å². The zero-order valence-corrected chi connectivity index (χ0v) is 12.8. The first-order valence-corrected chi connectivity index (χ1v) is 7.65. The molecule has 2 nitrogen and oxygen atoms in total. The molecule has 1 fully saturated rings. The molecule has 1 aromatic rings. The second-order valence-corrected chi connectivity index (χ2v) is 6.30. The first kappa shape index (κ1) is 14.5. The summed E-state index contributed by atoms with van der Waals surface area (Å²) in [5, 5.41) is 4.20. The lowest BCUT2D eigenvalue weighted by Gasteiger charge is -2.29. The van der Waals surface area contributed by atoms with E-state index < -0.39 is 0 Å². The Morgan fingerprint density at radius 2 is 2.05 bits per heavy atom. The fourth-order valence-corrected chi connectivity index (χ4v) is 2.74. The third-order valence-corrected chi connectivity index (χ3v) is 3.91. The summed E-state index contributed by atoms with van der Waals surface area (Å²) in [7, 11) is 0. The molecular weight excluding hydrogens is 258 g/mol. The van der Waals surface area contributed by atoms with E-state index in [1.165, 1.54) is 25.7 Å². The molecule has 0 bridgehead atoms. The number of hydrogen-bond acceptors (Lipinski definition) is 2. The predicted molar refractivity (Wildman–Crippen MR) is 82.3 cm³/mol. The summed E-state index contributed by atoms with van der Waals surface area (Å²) < 4.78 is 5.64. The molecule has 0 radical (unpaired) electrons. The van der Waals surface area contributed by atoms with Crippen molar-refractivity contribution in [2.24, 2.45) is 5.92 Å². The highest BCUT2D eigenvalue weighted by Gasteiger charge is 2.19. The Labute approximate surface area is 121 Å². The van der Waals surface area contributed by atoms with Gasteiger partial charge in [0.15, 0.2) is 0 Å². The van der Waals surface area contributed by atoms with E-state index in [1.807, 2.05) is 32.0 Å². The van der Waals surface area contributed by atoms with E-state index in [4.69, 9.17) is 16.3 Å². The summed E-state index contributed by atoms with van der Waals surface area (Å²) in [5.74, 6) is 1.68. The van der Waals surface area contributed by atoms with Crippen LogP contribution < -0.4 is 10.1 Å². The molecule has 106 valence electrons. The van der Waals surface area contributed by atoms with Crippen LogP contribution in [-0.4, -0.2) is 12.1 Å². The van der Waals surface area contributed by atoms with E-state index in [0.717, 1.165) is 17.4 Å². The monoisotopic (exact) mass is 281 g/mol. The fraction of sp³-hybridized carbons (Fsp3) is 0.625. The molecule has 1 aliphatic rings. The van der Waals surface area contributed by atoms with Gasteiger partial charge in [-0.15, -0.1) is 0 Å². The summed E-state index contributed by atoms with van der Waals surface area (Å²) in [5.41, 5.74) is 1.08. The SMILES string of the molecule is CC(CC1CCC1)Nc1ccc(OC(C)C)c(Cl)c1. The van der Waals surface area contributed by atoms with Crippen LogP contribution in [0.15, 0.2) is 18.2 Å². The van der Waals surface area contributed by atoms with Crippen LogP contribution in [-0.2, 0) is 0 Å². The molecule has 0 spiro atoms. The van der Waals surface area contributed by atoms with Gasteiger partial charge in [-0.05, 0) is 51.3 Å². The van der Waals surface area contributed by atoms with Crippen molar-refractivity contribution in [3.63, 3.8) is 0 Å². The zero-order valence-electron chi connectivity index (χ0n) is 12.1. The summed E-state index contributed by atoms with van der Waals surface area (Å²) >= 11 is 6.24. The highest BCUT2D eigenvalue weighted by atomic mass is 35.5.